The minimum absolute atomic E-state index is 0.117. The maximum atomic E-state index is 13.4. The third-order valence-electron chi connectivity index (χ3n) is 5.00. The molecule has 0 bridgehead atoms. The van der Waals surface area contributed by atoms with Gasteiger partial charge in [-0.1, -0.05) is 13.8 Å². The number of pyridine rings is 2. The number of amides is 1. The molecule has 3 rings (SSSR count). The van der Waals surface area contributed by atoms with Gasteiger partial charge in [0.05, 0.1) is 23.3 Å². The molecule has 0 unspecified atom stereocenters. The van der Waals surface area contributed by atoms with Gasteiger partial charge >= 0.3 is 6.18 Å². The number of fused-ring (bicyclic) bond motifs is 1. The summed E-state index contributed by atoms with van der Waals surface area (Å²) in [6, 6.07) is 7.80. The van der Waals surface area contributed by atoms with Crippen LogP contribution in [-0.4, -0.2) is 27.3 Å². The number of nitrogens with zero attached hydrogens (tertiary/aromatic N) is 3. The second kappa shape index (κ2) is 8.53. The fraction of sp³-hybridized carbons (Fsp3) is 0.348. The number of aryl methyl sites for hydroxylation is 2. The van der Waals surface area contributed by atoms with Gasteiger partial charge in [0, 0.05) is 23.7 Å². The SMILES string of the molecule is Cc1cc2nc(N)c(C)cc2cc1C(=O)N(Cc1ccc(C(F)(F)F)cn1)CC(C)C. The van der Waals surface area contributed by atoms with E-state index >= 15 is 0 Å². The van der Waals surface area contributed by atoms with Crippen LogP contribution in [0.1, 0.15) is 46.6 Å². The Labute approximate surface area is 179 Å². The van der Waals surface area contributed by atoms with Gasteiger partial charge in [-0.05, 0) is 61.2 Å². The highest BCUT2D eigenvalue weighted by Gasteiger charge is 2.31. The van der Waals surface area contributed by atoms with E-state index in [4.69, 9.17) is 5.73 Å². The summed E-state index contributed by atoms with van der Waals surface area (Å²) >= 11 is 0. The van der Waals surface area contributed by atoms with Gasteiger partial charge in [0.2, 0.25) is 0 Å². The maximum absolute atomic E-state index is 13.4. The molecule has 1 amide bonds. The van der Waals surface area contributed by atoms with Crippen LogP contribution in [0.4, 0.5) is 19.0 Å². The molecule has 0 radical (unpaired) electrons. The Morgan fingerprint density at radius 3 is 2.42 bits per heavy atom. The van der Waals surface area contributed by atoms with Crippen LogP contribution >= 0.6 is 0 Å². The predicted molar refractivity (Wildman–Crippen MR) is 114 cm³/mol. The van der Waals surface area contributed by atoms with E-state index < -0.39 is 11.7 Å². The monoisotopic (exact) mass is 430 g/mol. The van der Waals surface area contributed by atoms with E-state index in [1.54, 1.807) is 11.0 Å². The smallest absolute Gasteiger partial charge is 0.383 e. The molecule has 0 saturated heterocycles. The normalized spacial score (nSPS) is 11.9. The van der Waals surface area contributed by atoms with Gasteiger partial charge in [-0.3, -0.25) is 9.78 Å². The van der Waals surface area contributed by atoms with Crippen LogP contribution in [-0.2, 0) is 12.7 Å². The van der Waals surface area contributed by atoms with E-state index in [-0.39, 0.29) is 18.4 Å². The zero-order chi connectivity index (χ0) is 22.9. The standard InChI is InChI=1S/C23H25F3N4O/c1-13(2)11-30(12-18-6-5-17(10-28-18)23(24,25)26)22(31)19-9-16-7-15(4)21(27)29-20(16)8-14(19)3/h5-10,13H,11-12H2,1-4H3,(H2,27,29). The van der Waals surface area contributed by atoms with Gasteiger partial charge in [-0.25, -0.2) is 4.98 Å². The van der Waals surface area contributed by atoms with Gasteiger partial charge in [-0.2, -0.15) is 13.2 Å². The molecule has 0 fully saturated rings. The first-order valence-electron chi connectivity index (χ1n) is 9.94. The number of benzene rings is 1. The summed E-state index contributed by atoms with van der Waals surface area (Å²) in [7, 11) is 0. The maximum Gasteiger partial charge on any atom is 0.417 e. The third kappa shape index (κ3) is 5.13. The molecule has 0 aliphatic carbocycles. The third-order valence-corrected chi connectivity index (χ3v) is 5.00. The number of carbonyl (C=O) groups is 1. The first kappa shape index (κ1) is 22.5. The number of nitrogen functional groups attached to an aromatic ring is 1. The summed E-state index contributed by atoms with van der Waals surface area (Å²) in [5, 5.41) is 0.804. The van der Waals surface area contributed by atoms with Crippen molar-refractivity contribution in [1.29, 1.82) is 0 Å². The Morgan fingerprint density at radius 1 is 1.13 bits per heavy atom. The van der Waals surface area contributed by atoms with Crippen LogP contribution in [0.5, 0.6) is 0 Å². The highest BCUT2D eigenvalue weighted by Crippen LogP contribution is 2.29. The van der Waals surface area contributed by atoms with Crippen molar-refractivity contribution < 1.29 is 18.0 Å². The van der Waals surface area contributed by atoms with Gasteiger partial charge in [0.25, 0.3) is 5.91 Å². The molecule has 2 N–H and O–H groups in total. The molecule has 2 aromatic heterocycles. The van der Waals surface area contributed by atoms with Gasteiger partial charge < -0.3 is 10.6 Å². The summed E-state index contributed by atoms with van der Waals surface area (Å²) in [6.45, 7) is 8.19. The summed E-state index contributed by atoms with van der Waals surface area (Å²) < 4.78 is 38.4. The topological polar surface area (TPSA) is 72.1 Å². The lowest BCUT2D eigenvalue weighted by molar-refractivity contribution is -0.137. The summed E-state index contributed by atoms with van der Waals surface area (Å²) in [5.41, 5.74) is 8.28. The molecule has 1 aromatic carbocycles. The lowest BCUT2D eigenvalue weighted by Crippen LogP contribution is -2.34. The van der Waals surface area contributed by atoms with Crippen molar-refractivity contribution in [3.05, 3.63) is 64.5 Å². The van der Waals surface area contributed by atoms with Crippen LogP contribution in [0.15, 0.2) is 36.5 Å². The molecule has 31 heavy (non-hydrogen) atoms. The molecular formula is C23H25F3N4O. The molecule has 0 atom stereocenters. The number of halogens is 3. The number of hydrogen-bond donors (Lipinski definition) is 1. The van der Waals surface area contributed by atoms with E-state index in [9.17, 15) is 18.0 Å². The molecule has 164 valence electrons. The van der Waals surface area contributed by atoms with Crippen molar-refractivity contribution in [2.75, 3.05) is 12.3 Å². The van der Waals surface area contributed by atoms with Crippen LogP contribution in [0.3, 0.4) is 0 Å². The Kier molecular flexibility index (Phi) is 6.20. The Bertz CT molecular complexity index is 1110. The van der Waals surface area contributed by atoms with Gasteiger partial charge in [0.15, 0.2) is 0 Å². The molecule has 2 heterocycles. The van der Waals surface area contributed by atoms with Crippen molar-refractivity contribution in [3.8, 4) is 0 Å². The second-order valence-corrected chi connectivity index (χ2v) is 8.17. The summed E-state index contributed by atoms with van der Waals surface area (Å²) in [4.78, 5) is 23.3. The average Bonchev–Trinajstić information content (AvgIpc) is 2.67. The summed E-state index contributed by atoms with van der Waals surface area (Å²) in [5.74, 6) is 0.410. The zero-order valence-corrected chi connectivity index (χ0v) is 17.9. The van der Waals surface area contributed by atoms with Crippen LogP contribution in [0, 0.1) is 19.8 Å². The van der Waals surface area contributed by atoms with Gasteiger partial charge in [0.1, 0.15) is 5.82 Å². The number of nitrogens with two attached hydrogens (primary N) is 1. The summed E-state index contributed by atoms with van der Waals surface area (Å²) in [6.07, 6.45) is -3.65. The number of anilines is 1. The quantitative estimate of drug-likeness (QED) is 0.608. The molecule has 0 aliphatic rings. The van der Waals surface area contributed by atoms with E-state index in [2.05, 4.69) is 9.97 Å². The lowest BCUT2D eigenvalue weighted by atomic mass is 10.0. The molecule has 0 saturated carbocycles. The van der Waals surface area contributed by atoms with E-state index in [1.807, 2.05) is 39.8 Å². The predicted octanol–water partition coefficient (Wildman–Crippen LogP) is 5.15. The van der Waals surface area contributed by atoms with E-state index in [0.717, 1.165) is 28.8 Å². The first-order chi connectivity index (χ1) is 14.5. The second-order valence-electron chi connectivity index (χ2n) is 8.17. The van der Waals surface area contributed by atoms with Crippen molar-refractivity contribution in [1.82, 2.24) is 14.9 Å². The molecular weight excluding hydrogens is 405 g/mol. The minimum atomic E-state index is -4.45. The highest BCUT2D eigenvalue weighted by atomic mass is 19.4. The van der Waals surface area contributed by atoms with Gasteiger partial charge in [-0.15, -0.1) is 0 Å². The lowest BCUT2D eigenvalue weighted by Gasteiger charge is -2.25. The zero-order valence-electron chi connectivity index (χ0n) is 17.9. The van der Waals surface area contributed by atoms with Crippen molar-refractivity contribution >= 4 is 22.6 Å². The number of hydrogen-bond acceptors (Lipinski definition) is 4. The average molecular weight is 430 g/mol. The molecule has 0 spiro atoms. The number of rotatable bonds is 5. The van der Waals surface area contributed by atoms with E-state index in [1.165, 1.54) is 6.07 Å². The van der Waals surface area contributed by atoms with Crippen molar-refractivity contribution in [2.24, 2.45) is 5.92 Å². The Morgan fingerprint density at radius 2 is 1.84 bits per heavy atom. The fourth-order valence-corrected chi connectivity index (χ4v) is 3.39. The van der Waals surface area contributed by atoms with Crippen molar-refractivity contribution in [2.45, 2.75) is 40.4 Å². The minimum Gasteiger partial charge on any atom is -0.383 e. The van der Waals surface area contributed by atoms with Crippen LogP contribution in [0.2, 0.25) is 0 Å². The molecule has 8 heteroatoms. The Hall–Kier alpha value is -3.16. The van der Waals surface area contributed by atoms with Crippen LogP contribution < -0.4 is 5.73 Å². The molecule has 3 aromatic rings. The van der Waals surface area contributed by atoms with Crippen LogP contribution in [0.25, 0.3) is 10.9 Å². The first-order valence-corrected chi connectivity index (χ1v) is 9.94. The molecule has 5 nitrogen and oxygen atoms in total. The highest BCUT2D eigenvalue weighted by molar-refractivity contribution is 5.99. The molecule has 0 aliphatic heterocycles. The van der Waals surface area contributed by atoms with Crippen molar-refractivity contribution in [3.63, 3.8) is 0 Å². The fourth-order valence-electron chi connectivity index (χ4n) is 3.39. The van der Waals surface area contributed by atoms with E-state index in [0.29, 0.717) is 29.1 Å². The largest absolute Gasteiger partial charge is 0.417 e. The number of alkyl halides is 3. The number of aromatic nitrogens is 2. The Balaban J connectivity index is 1.94. The number of carbonyl (C=O) groups excluding carboxylic acids is 1.